The molecule has 0 radical (unpaired) electrons. The summed E-state index contributed by atoms with van der Waals surface area (Å²) in [5.41, 5.74) is 0. The Hall–Kier alpha value is 0.439. The molecule has 0 amide bonds. The van der Waals surface area contributed by atoms with Crippen molar-refractivity contribution in [3.05, 3.63) is 0 Å². The molecule has 0 atom stereocenters. The second-order valence-electron chi connectivity index (χ2n) is 13.3. The van der Waals surface area contributed by atoms with Crippen molar-refractivity contribution < 1.29 is 19.8 Å². The summed E-state index contributed by atoms with van der Waals surface area (Å²) in [6.07, 6.45) is 30.4. The predicted molar refractivity (Wildman–Crippen MR) is 203 cm³/mol. The van der Waals surface area contributed by atoms with Crippen LogP contribution >= 0.6 is 23.5 Å². The summed E-state index contributed by atoms with van der Waals surface area (Å²) in [4.78, 5) is 20.2. The van der Waals surface area contributed by atoms with Crippen LogP contribution in [-0.2, 0) is 9.59 Å². The number of carboxylic acid groups (broad SMARTS) is 2. The predicted octanol–water partition coefficient (Wildman–Crippen LogP) is 10.4. The van der Waals surface area contributed by atoms with Crippen LogP contribution in [0.5, 0.6) is 0 Å². The average molecular weight is 780 g/mol. The van der Waals surface area contributed by atoms with Gasteiger partial charge in [0.1, 0.15) is 0 Å². The van der Waals surface area contributed by atoms with Gasteiger partial charge in [-0.15, -0.1) is 0 Å². The van der Waals surface area contributed by atoms with E-state index in [-0.39, 0.29) is 32.6 Å². The summed E-state index contributed by atoms with van der Waals surface area (Å²) in [7, 11) is 0. The Morgan fingerprint density at radius 2 is 0.800 bits per heavy atom. The first-order chi connectivity index (χ1) is 21.7. The number of aliphatic carboxylic acids is 2. The maximum absolute atomic E-state index is 10.1. The van der Waals surface area contributed by atoms with Crippen molar-refractivity contribution in [2.75, 3.05) is 23.0 Å². The topological polar surface area (TPSA) is 80.3 Å². The normalized spacial score (nSPS) is 10.7. The number of thioether (sulfide) groups is 2. The summed E-state index contributed by atoms with van der Waals surface area (Å²) in [5, 5.41) is 20.2. The molecule has 0 saturated carbocycles. The van der Waals surface area contributed by atoms with E-state index in [1.165, 1.54) is 139 Å². The number of carboxylic acids is 2. The van der Waals surface area contributed by atoms with Gasteiger partial charge in [-0.25, -0.2) is 0 Å². The zero-order chi connectivity index (χ0) is 34.2. The molecule has 0 aliphatic rings. The van der Waals surface area contributed by atoms with Crippen molar-refractivity contribution >= 4 is 56.6 Å². The van der Waals surface area contributed by atoms with Crippen LogP contribution in [0.2, 0.25) is 8.87 Å². The SMILES string of the molecule is CC(C)CCCCCCSCC(=O)[O-].CC(C)CCCCCCSCC(=O)[O-].CCCCCCC[CH2][Sn+2][CH2]CCCCCCC. The monoisotopic (exact) mass is 780 g/mol. The molecule has 0 aliphatic carbocycles. The van der Waals surface area contributed by atoms with Gasteiger partial charge in [-0.1, -0.05) is 79.1 Å². The summed E-state index contributed by atoms with van der Waals surface area (Å²) < 4.78 is 3.31. The molecule has 0 aromatic carbocycles. The van der Waals surface area contributed by atoms with Crippen molar-refractivity contribution in [2.24, 2.45) is 11.8 Å². The Morgan fingerprint density at radius 3 is 1.13 bits per heavy atom. The molecule has 45 heavy (non-hydrogen) atoms. The second kappa shape index (κ2) is 44.4. The first-order valence-electron chi connectivity index (χ1n) is 18.9. The number of carbonyl (C=O) groups excluding carboxylic acids is 2. The molecular weight excluding hydrogens is 703 g/mol. The number of hydrogen-bond donors (Lipinski definition) is 0. The third kappa shape index (κ3) is 60.3. The van der Waals surface area contributed by atoms with E-state index in [1.54, 1.807) is 21.7 Å². The van der Waals surface area contributed by atoms with Crippen molar-refractivity contribution in [1.82, 2.24) is 0 Å². The Bertz CT molecular complexity index is 528. The molecule has 0 heterocycles. The molecule has 0 saturated heterocycles. The molecule has 0 fully saturated rings. The van der Waals surface area contributed by atoms with Crippen molar-refractivity contribution in [1.29, 1.82) is 0 Å². The average Bonchev–Trinajstić information content (AvgIpc) is 2.98. The Labute approximate surface area is 301 Å². The molecule has 7 heteroatoms. The van der Waals surface area contributed by atoms with Crippen LogP contribution in [0.1, 0.15) is 183 Å². The third-order valence-electron chi connectivity index (χ3n) is 7.49. The summed E-state index contributed by atoms with van der Waals surface area (Å²) >= 11 is 3.00. The number of carbonyl (C=O) groups is 2. The Morgan fingerprint density at radius 1 is 0.489 bits per heavy atom. The van der Waals surface area contributed by atoms with Crippen LogP contribution in [-0.4, -0.2) is 56.1 Å². The molecule has 0 aliphatic heterocycles. The minimum absolute atomic E-state index is 0.0736. The van der Waals surface area contributed by atoms with Gasteiger partial charge in [0.05, 0.1) is 11.9 Å². The molecule has 0 rings (SSSR count). The minimum atomic E-state index is -0.949. The van der Waals surface area contributed by atoms with Crippen molar-refractivity contribution in [3.8, 4) is 0 Å². The fraction of sp³-hybridized carbons (Fsp3) is 0.947. The van der Waals surface area contributed by atoms with Gasteiger partial charge in [0.15, 0.2) is 0 Å². The zero-order valence-corrected chi connectivity index (χ0v) is 35.4. The van der Waals surface area contributed by atoms with E-state index in [9.17, 15) is 19.8 Å². The molecule has 0 unspecified atom stereocenters. The standard InChI is InChI=1S/2C11H22O2S.2C8H17.Sn/c2*1-10(2)7-5-3-4-6-8-14-9-11(12)13;2*1-3-5-7-8-6-4-2;/h2*10H,3-9H2,1-2H3,(H,12,13);2*1,3-8H2,2H3;/q;;;;+2/p-2. The van der Waals surface area contributed by atoms with Crippen molar-refractivity contribution in [3.63, 3.8) is 0 Å². The van der Waals surface area contributed by atoms with E-state index >= 15 is 0 Å². The zero-order valence-electron chi connectivity index (χ0n) is 30.9. The fourth-order valence-corrected chi connectivity index (χ4v) is 9.72. The van der Waals surface area contributed by atoms with Crippen LogP contribution < -0.4 is 10.2 Å². The fourth-order valence-electron chi connectivity index (χ4n) is 4.72. The van der Waals surface area contributed by atoms with Crippen LogP contribution in [0.4, 0.5) is 0 Å². The quantitative estimate of drug-likeness (QED) is 0.0500. The summed E-state index contributed by atoms with van der Waals surface area (Å²) in [5.74, 6) is 1.91. The molecule has 0 N–H and O–H groups in total. The van der Waals surface area contributed by atoms with E-state index in [0.717, 1.165) is 36.2 Å². The molecule has 0 aromatic heterocycles. The number of hydrogen-bond acceptors (Lipinski definition) is 6. The van der Waals surface area contributed by atoms with Gasteiger partial charge in [0.2, 0.25) is 0 Å². The van der Waals surface area contributed by atoms with Crippen LogP contribution in [0.3, 0.4) is 0 Å². The van der Waals surface area contributed by atoms with Gasteiger partial charge in [0, 0.05) is 11.5 Å². The van der Waals surface area contributed by atoms with Gasteiger partial charge in [-0.2, -0.15) is 23.5 Å². The molecule has 0 bridgehead atoms. The van der Waals surface area contributed by atoms with E-state index in [2.05, 4.69) is 41.5 Å². The van der Waals surface area contributed by atoms with E-state index < -0.39 is 11.9 Å². The van der Waals surface area contributed by atoms with Crippen LogP contribution in [0.25, 0.3) is 0 Å². The van der Waals surface area contributed by atoms with Gasteiger partial charge < -0.3 is 19.8 Å². The maximum atomic E-state index is 10.1. The first-order valence-corrected chi connectivity index (χ1v) is 25.3. The molecule has 4 nitrogen and oxygen atoms in total. The van der Waals surface area contributed by atoms with Crippen molar-refractivity contribution in [2.45, 2.75) is 192 Å². The van der Waals surface area contributed by atoms with Gasteiger partial charge in [-0.05, 0) is 36.2 Å². The van der Waals surface area contributed by atoms with Crippen LogP contribution in [0, 0.1) is 11.8 Å². The van der Waals surface area contributed by atoms with Gasteiger partial charge in [0.25, 0.3) is 0 Å². The number of rotatable bonds is 32. The molecule has 0 aromatic rings. The Kier molecular flexibility index (Phi) is 49.2. The first kappa shape index (κ1) is 49.8. The van der Waals surface area contributed by atoms with Gasteiger partial charge >= 0.3 is 121 Å². The van der Waals surface area contributed by atoms with E-state index in [1.807, 2.05) is 0 Å². The van der Waals surface area contributed by atoms with Crippen LogP contribution in [0.15, 0.2) is 0 Å². The van der Waals surface area contributed by atoms with E-state index in [4.69, 9.17) is 0 Å². The molecular formula is C38H76O4S2Sn. The summed E-state index contributed by atoms with van der Waals surface area (Å²) in [6, 6.07) is 0. The second-order valence-corrected chi connectivity index (χ2v) is 19.8. The van der Waals surface area contributed by atoms with Gasteiger partial charge in [-0.3, -0.25) is 0 Å². The Balaban J connectivity index is -0.000000592. The molecule has 0 spiro atoms. The molecule has 268 valence electrons. The third-order valence-corrected chi connectivity index (χ3v) is 13.6. The van der Waals surface area contributed by atoms with E-state index in [0.29, 0.717) is 0 Å². The number of unbranched alkanes of at least 4 members (excludes halogenated alkanes) is 16. The summed E-state index contributed by atoms with van der Waals surface area (Å²) in [6.45, 7) is 13.6.